The Labute approximate surface area is 121 Å². The maximum absolute atomic E-state index is 13.5. The largest absolute Gasteiger partial charge is 0.416 e. The smallest absolute Gasteiger partial charge is 0.347 e. The first kappa shape index (κ1) is 15.4. The lowest BCUT2D eigenvalue weighted by molar-refractivity contribution is -0.137. The van der Waals surface area contributed by atoms with Gasteiger partial charge in [0.15, 0.2) is 0 Å². The van der Waals surface area contributed by atoms with Gasteiger partial charge in [0.05, 0.1) is 28.9 Å². The van der Waals surface area contributed by atoms with E-state index in [1.54, 1.807) is 12.4 Å². The van der Waals surface area contributed by atoms with Crippen molar-refractivity contribution in [1.82, 2.24) is 10.3 Å². The van der Waals surface area contributed by atoms with Crippen molar-refractivity contribution in [3.05, 3.63) is 51.2 Å². The Bertz CT molecular complexity index is 666. The molecule has 1 heterocycles. The van der Waals surface area contributed by atoms with Crippen LogP contribution in [0.2, 0.25) is 0 Å². The molecule has 0 atom stereocenters. The molecule has 0 aliphatic heterocycles. The van der Waals surface area contributed by atoms with Crippen LogP contribution in [0.15, 0.2) is 23.7 Å². The number of alkyl halides is 3. The number of aryl methyl sites for hydroxylation is 1. The Hall–Kier alpha value is -1.96. The van der Waals surface area contributed by atoms with Crippen LogP contribution in [0.25, 0.3) is 0 Å². The van der Waals surface area contributed by atoms with E-state index >= 15 is 0 Å². The number of nitrogens with one attached hydrogen (secondary N) is 1. The van der Waals surface area contributed by atoms with Crippen LogP contribution in [0, 0.1) is 12.7 Å². The highest BCUT2D eigenvalue weighted by molar-refractivity contribution is 7.09. The SMILES string of the molecule is Cc1ncsc1CNC(=O)c1cc(C(F)(F)F)ccc1F. The molecule has 1 aromatic heterocycles. The van der Waals surface area contributed by atoms with Crippen LogP contribution in [0.3, 0.4) is 0 Å². The minimum Gasteiger partial charge on any atom is -0.347 e. The van der Waals surface area contributed by atoms with Gasteiger partial charge in [-0.15, -0.1) is 11.3 Å². The monoisotopic (exact) mass is 318 g/mol. The van der Waals surface area contributed by atoms with Gasteiger partial charge >= 0.3 is 6.18 Å². The molecule has 0 radical (unpaired) electrons. The zero-order valence-corrected chi connectivity index (χ0v) is 11.6. The number of amides is 1. The van der Waals surface area contributed by atoms with Crippen LogP contribution in [0.5, 0.6) is 0 Å². The molecule has 3 nitrogen and oxygen atoms in total. The second-order valence-corrected chi connectivity index (χ2v) is 5.18. The lowest BCUT2D eigenvalue weighted by Crippen LogP contribution is -2.24. The van der Waals surface area contributed by atoms with E-state index in [-0.39, 0.29) is 6.54 Å². The van der Waals surface area contributed by atoms with Crippen LogP contribution in [0.1, 0.15) is 26.5 Å². The molecule has 0 unspecified atom stereocenters. The molecule has 0 saturated heterocycles. The summed E-state index contributed by atoms with van der Waals surface area (Å²) in [6.07, 6.45) is -4.63. The number of rotatable bonds is 3. The number of carbonyl (C=O) groups is 1. The molecule has 0 spiro atoms. The van der Waals surface area contributed by atoms with Gasteiger partial charge in [0.2, 0.25) is 0 Å². The molecule has 2 rings (SSSR count). The summed E-state index contributed by atoms with van der Waals surface area (Å²) >= 11 is 1.30. The van der Waals surface area contributed by atoms with Crippen LogP contribution in [-0.2, 0) is 12.7 Å². The first-order valence-corrected chi connectivity index (χ1v) is 6.71. The van der Waals surface area contributed by atoms with Crippen molar-refractivity contribution in [1.29, 1.82) is 0 Å². The highest BCUT2D eigenvalue weighted by Crippen LogP contribution is 2.30. The Kier molecular flexibility index (Phi) is 4.26. The summed E-state index contributed by atoms with van der Waals surface area (Å²) in [4.78, 5) is 16.6. The molecule has 1 aromatic carbocycles. The first-order chi connectivity index (χ1) is 9.79. The van der Waals surface area contributed by atoms with E-state index in [4.69, 9.17) is 0 Å². The molecule has 21 heavy (non-hydrogen) atoms. The predicted octanol–water partition coefficient (Wildman–Crippen LogP) is 3.54. The molecule has 112 valence electrons. The molecule has 0 saturated carbocycles. The zero-order chi connectivity index (χ0) is 15.6. The van der Waals surface area contributed by atoms with Crippen molar-refractivity contribution >= 4 is 17.2 Å². The lowest BCUT2D eigenvalue weighted by atomic mass is 10.1. The topological polar surface area (TPSA) is 42.0 Å². The Morgan fingerprint density at radius 3 is 2.67 bits per heavy atom. The number of aromatic nitrogens is 1. The quantitative estimate of drug-likeness (QED) is 0.880. The standard InChI is InChI=1S/C13H10F4N2OS/c1-7-11(21-6-19-7)5-18-12(20)9-4-8(13(15,16)17)2-3-10(9)14/h2-4,6H,5H2,1H3,(H,18,20). The molecule has 0 aliphatic rings. The number of hydrogen-bond acceptors (Lipinski definition) is 3. The van der Waals surface area contributed by atoms with Gasteiger partial charge in [-0.3, -0.25) is 4.79 Å². The van der Waals surface area contributed by atoms with E-state index < -0.39 is 29.0 Å². The normalized spacial score (nSPS) is 11.5. The Morgan fingerprint density at radius 2 is 2.10 bits per heavy atom. The molecule has 0 aliphatic carbocycles. The third-order valence-electron chi connectivity index (χ3n) is 2.79. The van der Waals surface area contributed by atoms with Gasteiger partial charge in [-0.1, -0.05) is 0 Å². The molecule has 8 heteroatoms. The summed E-state index contributed by atoms with van der Waals surface area (Å²) in [5.74, 6) is -1.90. The fourth-order valence-electron chi connectivity index (χ4n) is 1.63. The fourth-order valence-corrected chi connectivity index (χ4v) is 2.34. The van der Waals surface area contributed by atoms with Crippen molar-refractivity contribution in [2.75, 3.05) is 0 Å². The van der Waals surface area contributed by atoms with Gasteiger partial charge in [0.25, 0.3) is 5.91 Å². The molecular weight excluding hydrogens is 308 g/mol. The summed E-state index contributed by atoms with van der Waals surface area (Å²) in [6, 6.07) is 1.74. The van der Waals surface area contributed by atoms with Gasteiger partial charge in [-0.2, -0.15) is 13.2 Å². The number of carbonyl (C=O) groups excluding carboxylic acids is 1. The second-order valence-electron chi connectivity index (χ2n) is 4.24. The van der Waals surface area contributed by atoms with Gasteiger partial charge in [0.1, 0.15) is 5.82 Å². The number of hydrogen-bond donors (Lipinski definition) is 1. The van der Waals surface area contributed by atoms with Crippen molar-refractivity contribution in [2.45, 2.75) is 19.6 Å². The average molecular weight is 318 g/mol. The first-order valence-electron chi connectivity index (χ1n) is 5.83. The summed E-state index contributed by atoms with van der Waals surface area (Å²) in [6.45, 7) is 1.83. The predicted molar refractivity (Wildman–Crippen MR) is 69.4 cm³/mol. The molecule has 0 fully saturated rings. The second kappa shape index (κ2) is 5.80. The minimum absolute atomic E-state index is 0.0883. The van der Waals surface area contributed by atoms with Gasteiger partial charge < -0.3 is 5.32 Å². The summed E-state index contributed by atoms with van der Waals surface area (Å²) in [5.41, 5.74) is 0.599. The fraction of sp³-hybridized carbons (Fsp3) is 0.231. The van der Waals surface area contributed by atoms with E-state index in [0.29, 0.717) is 23.9 Å². The van der Waals surface area contributed by atoms with Crippen molar-refractivity contribution in [2.24, 2.45) is 0 Å². The average Bonchev–Trinajstić information content (AvgIpc) is 2.80. The van der Waals surface area contributed by atoms with E-state index in [1.807, 2.05) is 0 Å². The van der Waals surface area contributed by atoms with Crippen molar-refractivity contribution in [3.63, 3.8) is 0 Å². The molecule has 2 aromatic rings. The maximum Gasteiger partial charge on any atom is 0.416 e. The number of benzene rings is 1. The molecular formula is C13H10F4N2OS. The molecule has 1 amide bonds. The summed E-state index contributed by atoms with van der Waals surface area (Å²) < 4.78 is 51.2. The lowest BCUT2D eigenvalue weighted by Gasteiger charge is -2.10. The summed E-state index contributed by atoms with van der Waals surface area (Å²) in [7, 11) is 0. The maximum atomic E-state index is 13.5. The minimum atomic E-state index is -4.63. The van der Waals surface area contributed by atoms with Crippen LogP contribution in [-0.4, -0.2) is 10.9 Å². The van der Waals surface area contributed by atoms with Crippen LogP contribution in [0.4, 0.5) is 17.6 Å². The number of halogens is 4. The number of nitrogens with zero attached hydrogens (tertiary/aromatic N) is 1. The third kappa shape index (κ3) is 3.57. The number of thiazole rings is 1. The van der Waals surface area contributed by atoms with E-state index in [9.17, 15) is 22.4 Å². The zero-order valence-electron chi connectivity index (χ0n) is 10.8. The Balaban J connectivity index is 2.17. The molecule has 0 bridgehead atoms. The van der Waals surface area contributed by atoms with Gasteiger partial charge in [-0.05, 0) is 25.1 Å². The highest BCUT2D eigenvalue weighted by atomic mass is 32.1. The van der Waals surface area contributed by atoms with Gasteiger partial charge in [0, 0.05) is 4.88 Å². The summed E-state index contributed by atoms with van der Waals surface area (Å²) in [5, 5.41) is 2.39. The van der Waals surface area contributed by atoms with E-state index in [1.165, 1.54) is 11.3 Å². The molecule has 1 N–H and O–H groups in total. The van der Waals surface area contributed by atoms with E-state index in [2.05, 4.69) is 10.3 Å². The van der Waals surface area contributed by atoms with Crippen molar-refractivity contribution < 1.29 is 22.4 Å². The highest BCUT2D eigenvalue weighted by Gasteiger charge is 2.31. The van der Waals surface area contributed by atoms with E-state index in [0.717, 1.165) is 4.88 Å². The van der Waals surface area contributed by atoms with Gasteiger partial charge in [-0.25, -0.2) is 9.37 Å². The van der Waals surface area contributed by atoms with Crippen LogP contribution < -0.4 is 5.32 Å². The Morgan fingerprint density at radius 1 is 1.38 bits per heavy atom. The van der Waals surface area contributed by atoms with Crippen molar-refractivity contribution in [3.8, 4) is 0 Å². The van der Waals surface area contributed by atoms with Crippen LogP contribution >= 0.6 is 11.3 Å². The third-order valence-corrected chi connectivity index (χ3v) is 3.73.